The maximum absolute atomic E-state index is 12.8. The molecule has 10 heteroatoms. The van der Waals surface area contributed by atoms with Gasteiger partial charge in [-0.05, 0) is 35.9 Å². The summed E-state index contributed by atoms with van der Waals surface area (Å²) in [5.74, 6) is 0.00727. The molecule has 0 aliphatic rings. The van der Waals surface area contributed by atoms with E-state index in [1.807, 2.05) is 0 Å². The molecular formula is C21H20ClF3N4O2. The number of benzene rings is 2. The summed E-state index contributed by atoms with van der Waals surface area (Å²) in [6.07, 6.45) is -4.48. The molecule has 0 aliphatic heterocycles. The monoisotopic (exact) mass is 452 g/mol. The maximum atomic E-state index is 12.8. The van der Waals surface area contributed by atoms with Gasteiger partial charge in [0.25, 0.3) is 0 Å². The highest BCUT2D eigenvalue weighted by molar-refractivity contribution is 6.34. The van der Waals surface area contributed by atoms with Crippen LogP contribution in [-0.2, 0) is 17.5 Å². The predicted molar refractivity (Wildman–Crippen MR) is 111 cm³/mol. The van der Waals surface area contributed by atoms with Crippen molar-refractivity contribution in [1.29, 1.82) is 0 Å². The summed E-state index contributed by atoms with van der Waals surface area (Å²) >= 11 is 6.47. The Morgan fingerprint density at radius 2 is 1.77 bits per heavy atom. The summed E-state index contributed by atoms with van der Waals surface area (Å²) in [6, 6.07) is 9.16. The van der Waals surface area contributed by atoms with Gasteiger partial charge in [-0.15, -0.1) is 5.10 Å². The van der Waals surface area contributed by atoms with Crippen LogP contribution in [0, 0.1) is 5.41 Å². The highest BCUT2D eigenvalue weighted by Gasteiger charge is 2.30. The van der Waals surface area contributed by atoms with Gasteiger partial charge in [0.1, 0.15) is 0 Å². The quantitative estimate of drug-likeness (QED) is 0.609. The predicted octanol–water partition coefficient (Wildman–Crippen LogP) is 4.56. The van der Waals surface area contributed by atoms with Crippen LogP contribution in [0.1, 0.15) is 31.9 Å². The minimum atomic E-state index is -4.48. The van der Waals surface area contributed by atoms with Gasteiger partial charge >= 0.3 is 11.9 Å². The van der Waals surface area contributed by atoms with Crippen molar-refractivity contribution in [1.82, 2.24) is 20.1 Å². The Labute approximate surface area is 181 Å². The smallest absolute Gasteiger partial charge is 0.352 e. The van der Waals surface area contributed by atoms with E-state index in [9.17, 15) is 22.8 Å². The van der Waals surface area contributed by atoms with Crippen molar-refractivity contribution in [3.63, 3.8) is 0 Å². The number of nitrogens with one attached hydrogen (secondary N) is 2. The average Bonchev–Trinajstić information content (AvgIpc) is 3.07. The molecule has 1 amide bonds. The Balaban J connectivity index is 1.90. The molecule has 0 radical (unpaired) electrons. The molecule has 2 aromatic carbocycles. The molecule has 0 spiro atoms. The van der Waals surface area contributed by atoms with Gasteiger partial charge in [-0.25, -0.2) is 4.79 Å². The minimum absolute atomic E-state index is 0.144. The fraction of sp³-hybridized carbons (Fsp3) is 0.286. The van der Waals surface area contributed by atoms with Crippen molar-refractivity contribution in [2.75, 3.05) is 0 Å². The molecule has 0 bridgehead atoms. The molecule has 1 aromatic heterocycles. The summed E-state index contributed by atoms with van der Waals surface area (Å²) < 4.78 is 39.2. The molecule has 0 fully saturated rings. The lowest BCUT2D eigenvalue weighted by Crippen LogP contribution is -2.34. The number of halogens is 4. The van der Waals surface area contributed by atoms with E-state index in [4.69, 9.17) is 11.6 Å². The molecule has 0 atom stereocenters. The number of aromatic nitrogens is 3. The van der Waals surface area contributed by atoms with Gasteiger partial charge in [-0.2, -0.15) is 17.9 Å². The molecule has 3 aromatic rings. The highest BCUT2D eigenvalue weighted by atomic mass is 35.5. The largest absolute Gasteiger partial charge is 0.416 e. The third-order valence-corrected chi connectivity index (χ3v) is 4.96. The Bertz CT molecular complexity index is 1160. The standard InChI is InChI=1S/C21H20ClF3N4O2/c1-20(2,3)18(30)26-11-12-5-4-6-15(16(12)22)17-27-19(31)29(28-17)14-9-7-13(8-10-14)21(23,24)25/h4-10H,11H2,1-3H3,(H,26,30)(H,27,28,31). The molecule has 3 rings (SSSR count). The Hall–Kier alpha value is -3.07. The van der Waals surface area contributed by atoms with Crippen molar-refractivity contribution in [3.05, 3.63) is 69.1 Å². The van der Waals surface area contributed by atoms with Crippen LogP contribution in [0.4, 0.5) is 13.2 Å². The lowest BCUT2D eigenvalue weighted by molar-refractivity contribution is -0.137. The number of aromatic amines is 1. The summed E-state index contributed by atoms with van der Waals surface area (Å²) in [4.78, 5) is 27.0. The number of rotatable bonds is 4. The SMILES string of the molecule is CC(C)(C)C(=O)NCc1cccc(-c2nn(-c3ccc(C(F)(F)F)cc3)c(=O)[nH]2)c1Cl. The third-order valence-electron chi connectivity index (χ3n) is 4.51. The van der Waals surface area contributed by atoms with Gasteiger partial charge in [0.2, 0.25) is 5.91 Å². The molecule has 0 saturated carbocycles. The highest BCUT2D eigenvalue weighted by Crippen LogP contribution is 2.30. The van der Waals surface area contributed by atoms with Gasteiger partial charge in [-0.3, -0.25) is 9.78 Å². The summed E-state index contributed by atoms with van der Waals surface area (Å²) in [5.41, 5.74) is -0.792. The van der Waals surface area contributed by atoms with Gasteiger partial charge < -0.3 is 5.32 Å². The summed E-state index contributed by atoms with van der Waals surface area (Å²) in [6.45, 7) is 5.56. The molecular weight excluding hydrogens is 433 g/mol. The first-order valence-corrected chi connectivity index (χ1v) is 9.69. The average molecular weight is 453 g/mol. The first-order valence-electron chi connectivity index (χ1n) is 9.31. The number of nitrogens with zero attached hydrogens (tertiary/aromatic N) is 2. The first kappa shape index (κ1) is 22.6. The third kappa shape index (κ3) is 4.99. The van der Waals surface area contributed by atoms with E-state index >= 15 is 0 Å². The minimum Gasteiger partial charge on any atom is -0.352 e. The van der Waals surface area contributed by atoms with Crippen molar-refractivity contribution in [2.45, 2.75) is 33.5 Å². The molecule has 2 N–H and O–H groups in total. The van der Waals surface area contributed by atoms with Gasteiger partial charge in [0, 0.05) is 17.5 Å². The Morgan fingerprint density at radius 1 is 1.13 bits per heavy atom. The van der Waals surface area contributed by atoms with E-state index in [2.05, 4.69) is 15.4 Å². The van der Waals surface area contributed by atoms with Crippen LogP contribution in [0.3, 0.4) is 0 Å². The molecule has 164 valence electrons. The van der Waals surface area contributed by atoms with Crippen molar-refractivity contribution < 1.29 is 18.0 Å². The summed E-state index contributed by atoms with van der Waals surface area (Å²) in [5, 5.41) is 7.28. The van der Waals surface area contributed by atoms with E-state index in [1.54, 1.807) is 39.0 Å². The number of amides is 1. The van der Waals surface area contributed by atoms with Crippen molar-refractivity contribution in [2.24, 2.45) is 5.41 Å². The van der Waals surface area contributed by atoms with Crippen molar-refractivity contribution >= 4 is 17.5 Å². The molecule has 6 nitrogen and oxygen atoms in total. The Kier molecular flexibility index (Phi) is 6.00. The molecule has 1 heterocycles. The Morgan fingerprint density at radius 3 is 2.35 bits per heavy atom. The molecule has 0 aliphatic carbocycles. The number of alkyl halides is 3. The van der Waals surface area contributed by atoms with Crippen molar-refractivity contribution in [3.8, 4) is 17.1 Å². The lowest BCUT2D eigenvalue weighted by atomic mass is 9.95. The lowest BCUT2D eigenvalue weighted by Gasteiger charge is -2.18. The number of H-pyrrole nitrogens is 1. The van der Waals surface area contributed by atoms with E-state index in [-0.39, 0.29) is 24.0 Å². The number of carbonyl (C=O) groups excluding carboxylic acids is 1. The number of carbonyl (C=O) groups is 1. The van der Waals surface area contributed by atoms with E-state index < -0.39 is 22.8 Å². The van der Waals surface area contributed by atoms with E-state index in [0.29, 0.717) is 16.1 Å². The molecule has 0 unspecified atom stereocenters. The van der Waals surface area contributed by atoms with Crippen LogP contribution in [0.2, 0.25) is 5.02 Å². The topological polar surface area (TPSA) is 79.8 Å². The fourth-order valence-corrected chi connectivity index (χ4v) is 3.03. The summed E-state index contributed by atoms with van der Waals surface area (Å²) in [7, 11) is 0. The van der Waals surface area contributed by atoms with Crippen LogP contribution < -0.4 is 11.0 Å². The van der Waals surface area contributed by atoms with Crippen LogP contribution in [0.5, 0.6) is 0 Å². The van der Waals surface area contributed by atoms with Gasteiger partial charge in [-0.1, -0.05) is 44.5 Å². The van der Waals surface area contributed by atoms with Crippen LogP contribution in [0.15, 0.2) is 47.3 Å². The number of hydrogen-bond donors (Lipinski definition) is 2. The zero-order chi connectivity index (χ0) is 23.0. The molecule has 0 saturated heterocycles. The zero-order valence-electron chi connectivity index (χ0n) is 17.0. The van der Waals surface area contributed by atoms with E-state index in [0.717, 1.165) is 28.9 Å². The van der Waals surface area contributed by atoms with Gasteiger partial charge in [0.05, 0.1) is 16.3 Å². The molecule has 31 heavy (non-hydrogen) atoms. The van der Waals surface area contributed by atoms with E-state index in [1.165, 1.54) is 0 Å². The van der Waals surface area contributed by atoms with Gasteiger partial charge in [0.15, 0.2) is 5.82 Å². The fourth-order valence-electron chi connectivity index (χ4n) is 2.75. The van der Waals surface area contributed by atoms with Crippen LogP contribution in [0.25, 0.3) is 17.1 Å². The second-order valence-corrected chi connectivity index (χ2v) is 8.32. The second kappa shape index (κ2) is 8.22. The normalized spacial score (nSPS) is 12.1. The van der Waals surface area contributed by atoms with Crippen LogP contribution in [-0.4, -0.2) is 20.7 Å². The maximum Gasteiger partial charge on any atom is 0.416 e. The number of hydrogen-bond acceptors (Lipinski definition) is 3. The second-order valence-electron chi connectivity index (χ2n) is 7.95. The zero-order valence-corrected chi connectivity index (χ0v) is 17.7. The first-order chi connectivity index (χ1) is 14.4. The van der Waals surface area contributed by atoms with Crippen LogP contribution >= 0.6 is 11.6 Å².